The molecule has 13 heavy (non-hydrogen) atoms. The number of carbonyl (C=O) groups excluding carboxylic acids is 1. The average Bonchev–Trinajstić information content (AvgIpc) is 2.36. The number of rotatable bonds is 1. The summed E-state index contributed by atoms with van der Waals surface area (Å²) >= 11 is 0. The molecule has 4 nitrogen and oxygen atoms in total. The van der Waals surface area contributed by atoms with E-state index in [4.69, 9.17) is 5.73 Å². The second-order valence-corrected chi connectivity index (χ2v) is 2.83. The van der Waals surface area contributed by atoms with E-state index in [-0.39, 0.29) is 36.9 Å². The van der Waals surface area contributed by atoms with Gasteiger partial charge >= 0.3 is 6.03 Å². The third-order valence-electron chi connectivity index (χ3n) is 1.84. The Morgan fingerprint density at radius 2 is 2.23 bits per heavy atom. The molecule has 1 atom stereocenters. The van der Waals surface area contributed by atoms with Gasteiger partial charge in [0.2, 0.25) is 0 Å². The molecule has 0 aromatic heterocycles. The van der Waals surface area contributed by atoms with Gasteiger partial charge in [-0.15, -0.1) is 24.8 Å². The third-order valence-corrected chi connectivity index (χ3v) is 1.84. The van der Waals surface area contributed by atoms with Crippen LogP contribution in [0, 0.1) is 0 Å². The quantitative estimate of drug-likeness (QED) is 0.692. The van der Waals surface area contributed by atoms with Crippen molar-refractivity contribution >= 4 is 30.8 Å². The summed E-state index contributed by atoms with van der Waals surface area (Å²) < 4.78 is 0. The van der Waals surface area contributed by atoms with Crippen LogP contribution < -0.4 is 11.1 Å². The summed E-state index contributed by atoms with van der Waals surface area (Å²) in [6.45, 7) is 4.09. The van der Waals surface area contributed by atoms with Crippen LogP contribution in [-0.2, 0) is 0 Å². The zero-order chi connectivity index (χ0) is 8.27. The van der Waals surface area contributed by atoms with Gasteiger partial charge in [-0.25, -0.2) is 4.79 Å². The number of nitrogens with one attached hydrogen (secondary N) is 1. The molecule has 0 aromatic carbocycles. The van der Waals surface area contributed by atoms with E-state index in [1.165, 1.54) is 0 Å². The fraction of sp³-hybridized carbons (Fsp3) is 0.857. The van der Waals surface area contributed by atoms with Crippen LogP contribution in [0.5, 0.6) is 0 Å². The third kappa shape index (κ3) is 4.55. The molecule has 3 N–H and O–H groups in total. The van der Waals surface area contributed by atoms with Crippen molar-refractivity contribution in [3.63, 3.8) is 0 Å². The summed E-state index contributed by atoms with van der Waals surface area (Å²) in [4.78, 5) is 12.9. The van der Waals surface area contributed by atoms with Crippen molar-refractivity contribution in [2.24, 2.45) is 5.73 Å². The molecule has 0 aliphatic carbocycles. The molecule has 0 spiro atoms. The summed E-state index contributed by atoms with van der Waals surface area (Å²) in [7, 11) is 0. The van der Waals surface area contributed by atoms with Gasteiger partial charge in [-0.1, -0.05) is 0 Å². The molecule has 1 aliphatic heterocycles. The maximum absolute atomic E-state index is 11.2. The highest BCUT2D eigenvalue weighted by atomic mass is 35.5. The van der Waals surface area contributed by atoms with Gasteiger partial charge in [-0.3, -0.25) is 0 Å². The van der Waals surface area contributed by atoms with Gasteiger partial charge in [0.1, 0.15) is 0 Å². The number of halogens is 2. The van der Waals surface area contributed by atoms with Crippen molar-refractivity contribution in [1.29, 1.82) is 0 Å². The van der Waals surface area contributed by atoms with Crippen LogP contribution >= 0.6 is 24.8 Å². The number of hydrogen-bond donors (Lipinski definition) is 2. The molecule has 6 heteroatoms. The van der Waals surface area contributed by atoms with Crippen LogP contribution in [0.1, 0.15) is 13.3 Å². The lowest BCUT2D eigenvalue weighted by atomic mass is 10.3. The number of carbonyl (C=O) groups is 1. The highest BCUT2D eigenvalue weighted by Gasteiger charge is 2.22. The van der Waals surface area contributed by atoms with Crippen molar-refractivity contribution in [3.05, 3.63) is 0 Å². The molecular formula is C7H17Cl2N3O. The predicted octanol–water partition coefficient (Wildman–Crippen LogP) is 0.593. The van der Waals surface area contributed by atoms with E-state index in [9.17, 15) is 4.79 Å². The summed E-state index contributed by atoms with van der Waals surface area (Å²) in [5.74, 6) is 0. The monoisotopic (exact) mass is 229 g/mol. The first-order valence-corrected chi connectivity index (χ1v) is 4.02. The van der Waals surface area contributed by atoms with E-state index < -0.39 is 0 Å². The van der Waals surface area contributed by atoms with Gasteiger partial charge in [0.25, 0.3) is 0 Å². The summed E-state index contributed by atoms with van der Waals surface area (Å²) in [6.07, 6.45) is 0.928. The minimum Gasteiger partial charge on any atom is -0.338 e. The van der Waals surface area contributed by atoms with Crippen LogP contribution in [-0.4, -0.2) is 36.6 Å². The highest BCUT2D eigenvalue weighted by Crippen LogP contribution is 2.05. The first-order chi connectivity index (χ1) is 5.24. The van der Waals surface area contributed by atoms with Crippen LogP contribution in [0.25, 0.3) is 0 Å². The molecule has 0 saturated carbocycles. The molecule has 1 aliphatic rings. The number of hydrogen-bond acceptors (Lipinski definition) is 2. The van der Waals surface area contributed by atoms with Crippen molar-refractivity contribution in [3.8, 4) is 0 Å². The zero-order valence-corrected chi connectivity index (χ0v) is 9.29. The lowest BCUT2D eigenvalue weighted by Gasteiger charge is -2.15. The molecule has 1 heterocycles. The van der Waals surface area contributed by atoms with Gasteiger partial charge < -0.3 is 16.0 Å². The van der Waals surface area contributed by atoms with Gasteiger partial charge in [-0.05, 0) is 13.3 Å². The van der Waals surface area contributed by atoms with Gasteiger partial charge in [0.05, 0.1) is 0 Å². The maximum Gasteiger partial charge on any atom is 0.317 e. The fourth-order valence-corrected chi connectivity index (χ4v) is 1.23. The average molecular weight is 230 g/mol. The SMILES string of the molecule is CCNC(=O)N1CC[C@@H](N)C1.Cl.Cl. The first-order valence-electron chi connectivity index (χ1n) is 4.02. The number of likely N-dealkylation sites (tertiary alicyclic amines) is 1. The van der Waals surface area contributed by atoms with E-state index in [2.05, 4.69) is 5.32 Å². The summed E-state index contributed by atoms with van der Waals surface area (Å²) in [6, 6.07) is 0.193. The molecule has 1 saturated heterocycles. The topological polar surface area (TPSA) is 58.4 Å². The smallest absolute Gasteiger partial charge is 0.317 e. The summed E-state index contributed by atoms with van der Waals surface area (Å²) in [5, 5.41) is 2.74. The second kappa shape index (κ2) is 7.24. The van der Waals surface area contributed by atoms with Crippen molar-refractivity contribution in [2.45, 2.75) is 19.4 Å². The summed E-state index contributed by atoms with van der Waals surface area (Å²) in [5.41, 5.74) is 5.64. The lowest BCUT2D eigenvalue weighted by molar-refractivity contribution is 0.209. The second-order valence-electron chi connectivity index (χ2n) is 2.83. The largest absolute Gasteiger partial charge is 0.338 e. The van der Waals surface area contributed by atoms with Gasteiger partial charge in [0.15, 0.2) is 0 Å². The zero-order valence-electron chi connectivity index (χ0n) is 7.66. The predicted molar refractivity (Wildman–Crippen MR) is 57.7 cm³/mol. The van der Waals surface area contributed by atoms with Gasteiger partial charge in [0, 0.05) is 25.7 Å². The van der Waals surface area contributed by atoms with Crippen molar-refractivity contribution < 1.29 is 4.79 Å². The van der Waals surface area contributed by atoms with E-state index in [0.29, 0.717) is 13.1 Å². The normalized spacial score (nSPS) is 20.2. The molecule has 80 valence electrons. The maximum atomic E-state index is 11.2. The molecule has 0 bridgehead atoms. The van der Waals surface area contributed by atoms with Crippen LogP contribution in [0.15, 0.2) is 0 Å². The number of nitrogens with zero attached hydrogens (tertiary/aromatic N) is 1. The molecule has 1 rings (SSSR count). The van der Waals surface area contributed by atoms with E-state index in [0.717, 1.165) is 13.0 Å². The molecular weight excluding hydrogens is 213 g/mol. The Morgan fingerprint density at radius 1 is 1.62 bits per heavy atom. The standard InChI is InChI=1S/C7H15N3O.2ClH/c1-2-9-7(11)10-4-3-6(8)5-10;;/h6H,2-5,8H2,1H3,(H,9,11);2*1H/t6-;;/m1../s1. The Balaban J connectivity index is 0. The Hall–Kier alpha value is -0.190. The Bertz CT molecular complexity index is 157. The first kappa shape index (κ1) is 15.3. The number of amides is 2. The van der Waals surface area contributed by atoms with Crippen LogP contribution in [0.2, 0.25) is 0 Å². The van der Waals surface area contributed by atoms with Crippen molar-refractivity contribution in [2.75, 3.05) is 19.6 Å². The minimum absolute atomic E-state index is 0. The molecule has 2 amide bonds. The fourth-order valence-electron chi connectivity index (χ4n) is 1.23. The van der Waals surface area contributed by atoms with Gasteiger partial charge in [-0.2, -0.15) is 0 Å². The number of nitrogens with two attached hydrogens (primary N) is 1. The Labute approximate surface area is 91.0 Å². The molecule has 0 unspecified atom stereocenters. The Kier molecular flexibility index (Phi) is 8.51. The highest BCUT2D eigenvalue weighted by molar-refractivity contribution is 5.85. The number of urea groups is 1. The van der Waals surface area contributed by atoms with E-state index in [1.54, 1.807) is 4.90 Å². The van der Waals surface area contributed by atoms with Crippen molar-refractivity contribution in [1.82, 2.24) is 10.2 Å². The van der Waals surface area contributed by atoms with Crippen LogP contribution in [0.3, 0.4) is 0 Å². The minimum atomic E-state index is 0. The molecule has 0 radical (unpaired) electrons. The Morgan fingerprint density at radius 3 is 2.62 bits per heavy atom. The lowest BCUT2D eigenvalue weighted by Crippen LogP contribution is -2.39. The molecule has 1 fully saturated rings. The van der Waals surface area contributed by atoms with E-state index >= 15 is 0 Å². The molecule has 0 aromatic rings. The van der Waals surface area contributed by atoms with E-state index in [1.807, 2.05) is 6.92 Å². The van der Waals surface area contributed by atoms with Crippen LogP contribution in [0.4, 0.5) is 4.79 Å².